The van der Waals surface area contributed by atoms with Crippen molar-refractivity contribution in [2.45, 2.75) is 31.6 Å². The molecule has 4 rings (SSSR count). The Bertz CT molecular complexity index is 607. The predicted octanol–water partition coefficient (Wildman–Crippen LogP) is 2.22. The molecule has 0 bridgehead atoms. The molecule has 0 aliphatic carbocycles. The van der Waals surface area contributed by atoms with Crippen LogP contribution in [0.4, 0.5) is 0 Å². The second-order valence-electron chi connectivity index (χ2n) is 6.18. The van der Waals surface area contributed by atoms with Crippen molar-refractivity contribution in [1.29, 1.82) is 0 Å². The smallest absolute Gasteiger partial charge is 0.115 e. The maximum atomic E-state index is 6.27. The highest BCUT2D eigenvalue weighted by Gasteiger charge is 2.39. The second-order valence-corrected chi connectivity index (χ2v) is 6.18. The van der Waals surface area contributed by atoms with Gasteiger partial charge in [-0.3, -0.25) is 9.88 Å². The number of fused-ring (bicyclic) bond motifs is 1. The van der Waals surface area contributed by atoms with E-state index in [1.165, 1.54) is 12.0 Å². The van der Waals surface area contributed by atoms with E-state index in [9.17, 15) is 0 Å². The van der Waals surface area contributed by atoms with Gasteiger partial charge in [-0.1, -0.05) is 6.07 Å². The Balaban J connectivity index is 1.39. The zero-order valence-corrected chi connectivity index (χ0v) is 12.5. The van der Waals surface area contributed by atoms with Gasteiger partial charge in [0.25, 0.3) is 0 Å². The van der Waals surface area contributed by atoms with Crippen LogP contribution in [0.25, 0.3) is 0 Å². The molecule has 2 aliphatic rings. The summed E-state index contributed by atoms with van der Waals surface area (Å²) >= 11 is 0. The molecule has 0 spiro atoms. The lowest BCUT2D eigenvalue weighted by molar-refractivity contribution is -0.0107. The lowest BCUT2D eigenvalue weighted by Gasteiger charge is -2.33. The third-order valence-corrected chi connectivity index (χ3v) is 4.70. The van der Waals surface area contributed by atoms with Gasteiger partial charge in [-0.15, -0.1) is 0 Å². The Kier molecular flexibility index (Phi) is 3.83. The van der Waals surface area contributed by atoms with E-state index in [-0.39, 0.29) is 6.10 Å². The second kappa shape index (κ2) is 6.10. The molecule has 114 valence electrons. The molecule has 0 radical (unpaired) electrons. The van der Waals surface area contributed by atoms with E-state index in [1.54, 1.807) is 12.5 Å². The van der Waals surface area contributed by atoms with Gasteiger partial charge in [0.05, 0.1) is 11.8 Å². The average molecular weight is 296 g/mol. The fraction of sp³-hybridized carbons (Fsp3) is 0.471. The summed E-state index contributed by atoms with van der Waals surface area (Å²) in [6.07, 6.45) is 9.92. The van der Waals surface area contributed by atoms with Crippen LogP contribution in [-0.2, 0) is 11.3 Å². The molecule has 0 amide bonds. The van der Waals surface area contributed by atoms with Crippen LogP contribution in [0.5, 0.6) is 0 Å². The maximum absolute atomic E-state index is 6.27. The molecular weight excluding hydrogens is 276 g/mol. The third kappa shape index (κ3) is 2.87. The molecule has 0 unspecified atom stereocenters. The fourth-order valence-electron chi connectivity index (χ4n) is 3.57. The number of hydrogen-bond donors (Lipinski definition) is 0. The molecule has 5 heteroatoms. The molecule has 0 aromatic carbocycles. The molecule has 0 saturated carbocycles. The lowest BCUT2D eigenvalue weighted by atomic mass is 9.91. The number of pyridine rings is 1. The fourth-order valence-corrected chi connectivity index (χ4v) is 3.57. The quantitative estimate of drug-likeness (QED) is 0.869. The Hall–Kier alpha value is -1.85. The number of rotatable bonds is 3. The Morgan fingerprint density at radius 2 is 2.23 bits per heavy atom. The molecule has 0 N–H and O–H groups in total. The molecule has 2 aromatic rings. The van der Waals surface area contributed by atoms with Crippen molar-refractivity contribution in [3.8, 4) is 0 Å². The van der Waals surface area contributed by atoms with Crippen molar-refractivity contribution in [3.63, 3.8) is 0 Å². The molecule has 2 aliphatic heterocycles. The van der Waals surface area contributed by atoms with Crippen molar-refractivity contribution in [2.24, 2.45) is 5.92 Å². The highest BCUT2D eigenvalue weighted by molar-refractivity contribution is 5.09. The minimum Gasteiger partial charge on any atom is -0.367 e. The standard InChI is InChI=1S/C17H20N4O/c1-2-13(9-18-5-1)10-21-7-4-14-8-16(22-17(14)11-21)15-3-6-19-12-20-15/h1-3,5-6,9,12,14,16-17H,4,7-8,10-11H2/t14-,16-,17+/m0/s1. The third-order valence-electron chi connectivity index (χ3n) is 4.70. The maximum Gasteiger partial charge on any atom is 0.115 e. The van der Waals surface area contributed by atoms with E-state index in [1.807, 2.05) is 24.5 Å². The summed E-state index contributed by atoms with van der Waals surface area (Å²) in [5.41, 5.74) is 2.29. The van der Waals surface area contributed by atoms with Crippen LogP contribution >= 0.6 is 0 Å². The minimum atomic E-state index is 0.136. The van der Waals surface area contributed by atoms with Crippen LogP contribution in [0.15, 0.2) is 43.1 Å². The summed E-state index contributed by atoms with van der Waals surface area (Å²) in [5.74, 6) is 0.658. The number of nitrogens with zero attached hydrogens (tertiary/aromatic N) is 4. The van der Waals surface area contributed by atoms with Gasteiger partial charge < -0.3 is 4.74 Å². The van der Waals surface area contributed by atoms with Crippen LogP contribution in [0.2, 0.25) is 0 Å². The predicted molar refractivity (Wildman–Crippen MR) is 81.9 cm³/mol. The van der Waals surface area contributed by atoms with Gasteiger partial charge in [-0.25, -0.2) is 9.97 Å². The van der Waals surface area contributed by atoms with Crippen LogP contribution < -0.4 is 0 Å². The van der Waals surface area contributed by atoms with Crippen LogP contribution in [0, 0.1) is 5.92 Å². The number of piperidine rings is 1. The summed E-state index contributed by atoms with van der Waals surface area (Å²) in [7, 11) is 0. The number of likely N-dealkylation sites (tertiary alicyclic amines) is 1. The normalized spacial score (nSPS) is 28.5. The van der Waals surface area contributed by atoms with Gasteiger partial charge in [-0.2, -0.15) is 0 Å². The summed E-state index contributed by atoms with van der Waals surface area (Å²) < 4.78 is 6.27. The molecule has 2 fully saturated rings. The zero-order chi connectivity index (χ0) is 14.8. The van der Waals surface area contributed by atoms with Crippen molar-refractivity contribution in [1.82, 2.24) is 19.9 Å². The first-order chi connectivity index (χ1) is 10.9. The SMILES string of the molecule is c1cncc(CN2CC[C@H]3C[C@@H](c4ccncn4)O[C@@H]3C2)c1. The summed E-state index contributed by atoms with van der Waals surface area (Å²) in [6.45, 7) is 3.09. The minimum absolute atomic E-state index is 0.136. The lowest BCUT2D eigenvalue weighted by Crippen LogP contribution is -2.41. The molecule has 4 heterocycles. The van der Waals surface area contributed by atoms with Crippen molar-refractivity contribution in [3.05, 3.63) is 54.4 Å². The number of hydrogen-bond acceptors (Lipinski definition) is 5. The highest BCUT2D eigenvalue weighted by atomic mass is 16.5. The Morgan fingerprint density at radius 3 is 3.05 bits per heavy atom. The van der Waals surface area contributed by atoms with E-state index in [2.05, 4.69) is 25.9 Å². The Labute approximate surface area is 130 Å². The van der Waals surface area contributed by atoms with Gasteiger partial charge in [0.2, 0.25) is 0 Å². The topological polar surface area (TPSA) is 51.1 Å². The summed E-state index contributed by atoms with van der Waals surface area (Å²) in [5, 5.41) is 0. The summed E-state index contributed by atoms with van der Waals surface area (Å²) in [4.78, 5) is 15.0. The van der Waals surface area contributed by atoms with E-state index < -0.39 is 0 Å². The largest absolute Gasteiger partial charge is 0.367 e. The van der Waals surface area contributed by atoms with Gasteiger partial charge in [0.15, 0.2) is 0 Å². The molecule has 22 heavy (non-hydrogen) atoms. The molecule has 3 atom stereocenters. The monoisotopic (exact) mass is 296 g/mol. The first kappa shape index (κ1) is 13.8. The van der Waals surface area contributed by atoms with Crippen molar-refractivity contribution in [2.75, 3.05) is 13.1 Å². The van der Waals surface area contributed by atoms with Crippen LogP contribution in [0.1, 0.15) is 30.2 Å². The highest BCUT2D eigenvalue weighted by Crippen LogP contribution is 2.40. The van der Waals surface area contributed by atoms with Crippen LogP contribution in [-0.4, -0.2) is 39.0 Å². The van der Waals surface area contributed by atoms with Gasteiger partial charge >= 0.3 is 0 Å². The van der Waals surface area contributed by atoms with E-state index in [0.717, 1.165) is 31.7 Å². The zero-order valence-electron chi connectivity index (χ0n) is 12.5. The average Bonchev–Trinajstić information content (AvgIpc) is 3.00. The first-order valence-electron chi connectivity index (χ1n) is 7.91. The van der Waals surface area contributed by atoms with Crippen LogP contribution in [0.3, 0.4) is 0 Å². The van der Waals surface area contributed by atoms with Gasteiger partial charge in [-0.05, 0) is 43.0 Å². The molecule has 2 saturated heterocycles. The summed E-state index contributed by atoms with van der Waals surface area (Å²) in [6, 6.07) is 6.10. The van der Waals surface area contributed by atoms with Crippen molar-refractivity contribution >= 4 is 0 Å². The molecule has 2 aromatic heterocycles. The number of aromatic nitrogens is 3. The molecule has 5 nitrogen and oxygen atoms in total. The van der Waals surface area contributed by atoms with Gasteiger partial charge in [0.1, 0.15) is 12.4 Å². The number of ether oxygens (including phenoxy) is 1. The Morgan fingerprint density at radius 1 is 1.23 bits per heavy atom. The van der Waals surface area contributed by atoms with E-state index in [0.29, 0.717) is 12.0 Å². The van der Waals surface area contributed by atoms with Gasteiger partial charge in [0, 0.05) is 31.7 Å². The first-order valence-corrected chi connectivity index (χ1v) is 7.91. The van der Waals surface area contributed by atoms with E-state index >= 15 is 0 Å². The van der Waals surface area contributed by atoms with E-state index in [4.69, 9.17) is 4.74 Å². The molecular formula is C17H20N4O. The van der Waals surface area contributed by atoms with Crippen molar-refractivity contribution < 1.29 is 4.74 Å².